The summed E-state index contributed by atoms with van der Waals surface area (Å²) in [4.78, 5) is 12.3. The van der Waals surface area contributed by atoms with Crippen LogP contribution < -0.4 is 10.6 Å². The Morgan fingerprint density at radius 3 is 2.76 bits per heavy atom. The number of hydrogen-bond donors (Lipinski definition) is 2. The van der Waals surface area contributed by atoms with Crippen molar-refractivity contribution < 1.29 is 9.18 Å². The summed E-state index contributed by atoms with van der Waals surface area (Å²) in [6, 6.07) is 12.3. The van der Waals surface area contributed by atoms with E-state index < -0.39 is 0 Å². The predicted molar refractivity (Wildman–Crippen MR) is 80.5 cm³/mol. The Morgan fingerprint density at radius 2 is 2.00 bits per heavy atom. The average Bonchev–Trinajstić information content (AvgIpc) is 2.45. The Bertz CT molecular complexity index is 664. The second-order valence-corrected chi connectivity index (χ2v) is 5.41. The third-order valence-corrected chi connectivity index (χ3v) is 3.71. The van der Waals surface area contributed by atoms with Crippen LogP contribution in [-0.2, 0) is 17.8 Å². The predicted octanol–water partition coefficient (Wildman–Crippen LogP) is 2.79. The van der Waals surface area contributed by atoms with Crippen LogP contribution in [0, 0.1) is 12.7 Å². The largest absolute Gasteiger partial charge is 0.325 e. The Balaban J connectivity index is 1.72. The van der Waals surface area contributed by atoms with Crippen molar-refractivity contribution in [1.29, 1.82) is 0 Å². The fraction of sp³-hybridized carbons (Fsp3) is 0.235. The van der Waals surface area contributed by atoms with E-state index in [2.05, 4.69) is 16.7 Å². The van der Waals surface area contributed by atoms with E-state index in [1.807, 2.05) is 18.2 Å². The number of rotatable bonds is 2. The van der Waals surface area contributed by atoms with Gasteiger partial charge in [0, 0.05) is 12.2 Å². The molecular formula is C17H17FN2O. The van der Waals surface area contributed by atoms with Crippen LogP contribution in [0.1, 0.15) is 16.7 Å². The van der Waals surface area contributed by atoms with Gasteiger partial charge in [0.15, 0.2) is 0 Å². The number of anilines is 1. The number of carbonyl (C=O) groups is 1. The standard InChI is InChI=1S/C17H17FN2O/c1-11-6-14(18)9-15(7-11)20-17(21)16-8-12-4-2-3-5-13(12)10-19-16/h2-7,9,16,19H,8,10H2,1H3,(H,20,21). The van der Waals surface area contributed by atoms with E-state index in [1.54, 1.807) is 13.0 Å². The van der Waals surface area contributed by atoms with Crippen LogP contribution in [0.3, 0.4) is 0 Å². The monoisotopic (exact) mass is 284 g/mol. The molecule has 108 valence electrons. The van der Waals surface area contributed by atoms with Crippen molar-refractivity contribution in [2.45, 2.75) is 25.9 Å². The first-order chi connectivity index (χ1) is 10.1. The minimum atomic E-state index is -0.341. The first kappa shape index (κ1) is 13.8. The maximum absolute atomic E-state index is 13.4. The SMILES string of the molecule is Cc1cc(F)cc(NC(=O)C2Cc3ccccc3CN2)c1. The van der Waals surface area contributed by atoms with E-state index in [-0.39, 0.29) is 17.8 Å². The van der Waals surface area contributed by atoms with Crippen molar-refractivity contribution in [2.75, 3.05) is 5.32 Å². The van der Waals surface area contributed by atoms with Gasteiger partial charge in [0.25, 0.3) is 0 Å². The molecule has 0 fully saturated rings. The third kappa shape index (κ3) is 3.11. The van der Waals surface area contributed by atoms with Crippen molar-refractivity contribution in [2.24, 2.45) is 0 Å². The lowest BCUT2D eigenvalue weighted by Gasteiger charge is -2.25. The molecule has 21 heavy (non-hydrogen) atoms. The van der Waals surface area contributed by atoms with Crippen molar-refractivity contribution in [3.05, 3.63) is 65.0 Å². The summed E-state index contributed by atoms with van der Waals surface area (Å²) < 4.78 is 13.4. The molecule has 2 aromatic rings. The van der Waals surface area contributed by atoms with Gasteiger partial charge in [-0.2, -0.15) is 0 Å². The molecule has 1 aliphatic heterocycles. The number of fused-ring (bicyclic) bond motifs is 1. The molecule has 0 spiro atoms. The van der Waals surface area contributed by atoms with E-state index in [0.717, 1.165) is 5.56 Å². The number of benzene rings is 2. The summed E-state index contributed by atoms with van der Waals surface area (Å²) in [5.74, 6) is -0.471. The van der Waals surface area contributed by atoms with E-state index in [4.69, 9.17) is 0 Å². The molecule has 1 aliphatic rings. The molecule has 1 amide bonds. The van der Waals surface area contributed by atoms with E-state index >= 15 is 0 Å². The molecule has 0 saturated heterocycles. The number of amides is 1. The fourth-order valence-corrected chi connectivity index (χ4v) is 2.68. The van der Waals surface area contributed by atoms with Gasteiger partial charge in [-0.3, -0.25) is 4.79 Å². The van der Waals surface area contributed by atoms with Gasteiger partial charge in [-0.25, -0.2) is 4.39 Å². The summed E-state index contributed by atoms with van der Waals surface area (Å²) in [6.45, 7) is 2.48. The highest BCUT2D eigenvalue weighted by Crippen LogP contribution is 2.18. The van der Waals surface area contributed by atoms with Crippen LogP contribution in [0.25, 0.3) is 0 Å². The summed E-state index contributed by atoms with van der Waals surface area (Å²) in [7, 11) is 0. The van der Waals surface area contributed by atoms with E-state index in [9.17, 15) is 9.18 Å². The second kappa shape index (κ2) is 5.66. The quantitative estimate of drug-likeness (QED) is 0.890. The summed E-state index contributed by atoms with van der Waals surface area (Å²) in [6.07, 6.45) is 0.649. The molecule has 0 aromatic heterocycles. The zero-order valence-electron chi connectivity index (χ0n) is 11.8. The van der Waals surface area contributed by atoms with Gasteiger partial charge in [0.2, 0.25) is 5.91 Å². The molecule has 4 heteroatoms. The number of hydrogen-bond acceptors (Lipinski definition) is 2. The Hall–Kier alpha value is -2.20. The molecule has 2 N–H and O–H groups in total. The maximum Gasteiger partial charge on any atom is 0.241 e. The highest BCUT2D eigenvalue weighted by atomic mass is 19.1. The lowest BCUT2D eigenvalue weighted by molar-refractivity contribution is -0.118. The lowest BCUT2D eigenvalue weighted by atomic mass is 9.95. The molecular weight excluding hydrogens is 267 g/mol. The smallest absolute Gasteiger partial charge is 0.241 e. The Kier molecular flexibility index (Phi) is 3.71. The number of nitrogens with one attached hydrogen (secondary N) is 2. The number of carbonyl (C=O) groups excluding carboxylic acids is 1. The summed E-state index contributed by atoms with van der Waals surface area (Å²) in [5.41, 5.74) is 3.69. The molecule has 2 aromatic carbocycles. The summed E-state index contributed by atoms with van der Waals surface area (Å²) in [5, 5.41) is 6.00. The highest BCUT2D eigenvalue weighted by molar-refractivity contribution is 5.95. The topological polar surface area (TPSA) is 41.1 Å². The zero-order valence-corrected chi connectivity index (χ0v) is 11.8. The van der Waals surface area contributed by atoms with Crippen LogP contribution in [0.5, 0.6) is 0 Å². The molecule has 3 nitrogen and oxygen atoms in total. The molecule has 0 aliphatic carbocycles. The maximum atomic E-state index is 13.4. The summed E-state index contributed by atoms with van der Waals surface area (Å²) >= 11 is 0. The molecule has 1 atom stereocenters. The fourth-order valence-electron chi connectivity index (χ4n) is 2.68. The minimum Gasteiger partial charge on any atom is -0.325 e. The van der Waals surface area contributed by atoms with Crippen LogP contribution >= 0.6 is 0 Å². The van der Waals surface area contributed by atoms with Crippen molar-refractivity contribution in [1.82, 2.24) is 5.32 Å². The Labute approximate surface area is 123 Å². The highest BCUT2D eigenvalue weighted by Gasteiger charge is 2.23. The minimum absolute atomic E-state index is 0.130. The number of halogens is 1. The van der Waals surface area contributed by atoms with Gasteiger partial charge in [0.05, 0.1) is 6.04 Å². The molecule has 1 heterocycles. The molecule has 0 radical (unpaired) electrons. The molecule has 3 rings (SSSR count). The molecule has 0 saturated carbocycles. The van der Waals surface area contributed by atoms with E-state index in [1.165, 1.54) is 23.3 Å². The van der Waals surface area contributed by atoms with Crippen molar-refractivity contribution in [3.8, 4) is 0 Å². The third-order valence-electron chi connectivity index (χ3n) is 3.71. The first-order valence-corrected chi connectivity index (χ1v) is 7.00. The van der Waals surface area contributed by atoms with Gasteiger partial charge in [-0.1, -0.05) is 24.3 Å². The lowest BCUT2D eigenvalue weighted by Crippen LogP contribution is -2.44. The van der Waals surface area contributed by atoms with Crippen LogP contribution in [0.4, 0.5) is 10.1 Å². The van der Waals surface area contributed by atoms with Gasteiger partial charge in [-0.05, 0) is 48.2 Å². The van der Waals surface area contributed by atoms with Crippen molar-refractivity contribution >= 4 is 11.6 Å². The molecule has 0 bridgehead atoms. The van der Waals surface area contributed by atoms with Crippen LogP contribution in [-0.4, -0.2) is 11.9 Å². The van der Waals surface area contributed by atoms with Crippen LogP contribution in [0.2, 0.25) is 0 Å². The number of aryl methyl sites for hydroxylation is 1. The normalized spacial score (nSPS) is 17.1. The Morgan fingerprint density at radius 1 is 1.24 bits per heavy atom. The molecule has 1 unspecified atom stereocenters. The average molecular weight is 284 g/mol. The van der Waals surface area contributed by atoms with Gasteiger partial charge < -0.3 is 10.6 Å². The van der Waals surface area contributed by atoms with E-state index in [0.29, 0.717) is 18.7 Å². The van der Waals surface area contributed by atoms with Crippen molar-refractivity contribution in [3.63, 3.8) is 0 Å². The second-order valence-electron chi connectivity index (χ2n) is 5.41. The zero-order chi connectivity index (χ0) is 14.8. The van der Waals surface area contributed by atoms with Gasteiger partial charge in [-0.15, -0.1) is 0 Å². The first-order valence-electron chi connectivity index (χ1n) is 7.00. The van der Waals surface area contributed by atoms with Gasteiger partial charge >= 0.3 is 0 Å². The van der Waals surface area contributed by atoms with Crippen LogP contribution in [0.15, 0.2) is 42.5 Å². The van der Waals surface area contributed by atoms with Gasteiger partial charge in [0.1, 0.15) is 5.82 Å².